The lowest BCUT2D eigenvalue weighted by atomic mass is 10.1. The van der Waals surface area contributed by atoms with Crippen molar-refractivity contribution in [1.82, 2.24) is 29.8 Å². The third kappa shape index (κ3) is 2.60. The lowest BCUT2D eigenvalue weighted by Gasteiger charge is -2.27. The molecule has 6 heteroatoms. The van der Waals surface area contributed by atoms with Gasteiger partial charge in [0.15, 0.2) is 5.82 Å². The van der Waals surface area contributed by atoms with Crippen LogP contribution in [-0.2, 0) is 19.5 Å². The van der Waals surface area contributed by atoms with E-state index in [-0.39, 0.29) is 0 Å². The van der Waals surface area contributed by atoms with Crippen LogP contribution >= 0.6 is 0 Å². The van der Waals surface area contributed by atoms with Crippen molar-refractivity contribution < 1.29 is 0 Å². The Bertz CT molecular complexity index is 754. The smallest absolute Gasteiger partial charge is 0.159 e. The maximum Gasteiger partial charge on any atom is 0.159 e. The highest BCUT2D eigenvalue weighted by Gasteiger charge is 2.19. The zero-order valence-electron chi connectivity index (χ0n) is 12.1. The Morgan fingerprint density at radius 2 is 2.05 bits per heavy atom. The molecule has 0 aromatic carbocycles. The second kappa shape index (κ2) is 5.65. The first-order valence-corrected chi connectivity index (χ1v) is 7.34. The zero-order chi connectivity index (χ0) is 14.8. The fourth-order valence-electron chi connectivity index (χ4n) is 2.73. The van der Waals surface area contributed by atoms with Gasteiger partial charge in [0.1, 0.15) is 5.82 Å². The van der Waals surface area contributed by atoms with Gasteiger partial charge < -0.3 is 4.98 Å². The van der Waals surface area contributed by atoms with Gasteiger partial charge >= 0.3 is 0 Å². The summed E-state index contributed by atoms with van der Waals surface area (Å²) in [5.74, 6) is 1.76. The van der Waals surface area contributed by atoms with Crippen molar-refractivity contribution in [2.24, 2.45) is 0 Å². The molecule has 0 saturated heterocycles. The predicted octanol–water partition coefficient (Wildman–Crippen LogP) is 1.82. The molecule has 4 rings (SSSR count). The summed E-state index contributed by atoms with van der Waals surface area (Å²) in [7, 11) is 0. The van der Waals surface area contributed by atoms with Gasteiger partial charge in [0, 0.05) is 49.6 Å². The second-order valence-corrected chi connectivity index (χ2v) is 5.40. The molecular formula is C16H16N6. The molecule has 3 aromatic rings. The molecule has 3 aromatic heterocycles. The Labute approximate surface area is 128 Å². The van der Waals surface area contributed by atoms with Gasteiger partial charge in [-0.2, -0.15) is 0 Å². The number of nitrogens with one attached hydrogen (secondary N) is 1. The monoisotopic (exact) mass is 292 g/mol. The van der Waals surface area contributed by atoms with Gasteiger partial charge in [-0.1, -0.05) is 0 Å². The first kappa shape index (κ1) is 13.1. The number of H-pyrrole nitrogens is 1. The van der Waals surface area contributed by atoms with Crippen LogP contribution in [-0.4, -0.2) is 36.4 Å². The normalized spacial score (nSPS) is 14.7. The second-order valence-electron chi connectivity index (χ2n) is 5.40. The summed E-state index contributed by atoms with van der Waals surface area (Å²) >= 11 is 0. The van der Waals surface area contributed by atoms with E-state index in [1.54, 1.807) is 18.6 Å². The molecule has 0 unspecified atom stereocenters. The van der Waals surface area contributed by atoms with E-state index in [9.17, 15) is 0 Å². The Morgan fingerprint density at radius 1 is 1.14 bits per heavy atom. The average molecular weight is 292 g/mol. The van der Waals surface area contributed by atoms with Crippen LogP contribution < -0.4 is 0 Å². The number of rotatable bonds is 3. The van der Waals surface area contributed by atoms with E-state index in [1.165, 1.54) is 5.56 Å². The van der Waals surface area contributed by atoms with Gasteiger partial charge in [-0.3, -0.25) is 9.88 Å². The van der Waals surface area contributed by atoms with Crippen molar-refractivity contribution >= 4 is 0 Å². The maximum absolute atomic E-state index is 4.75. The van der Waals surface area contributed by atoms with Crippen LogP contribution in [0.2, 0.25) is 0 Å². The number of nitrogens with zero attached hydrogens (tertiary/aromatic N) is 5. The number of fused-ring (bicyclic) bond motifs is 1. The Hall–Kier alpha value is -2.60. The van der Waals surface area contributed by atoms with Gasteiger partial charge in [0.2, 0.25) is 0 Å². The molecule has 4 heterocycles. The van der Waals surface area contributed by atoms with Crippen molar-refractivity contribution in [3.8, 4) is 11.4 Å². The van der Waals surface area contributed by atoms with Gasteiger partial charge in [0.05, 0.1) is 12.2 Å². The fourth-order valence-corrected chi connectivity index (χ4v) is 2.73. The minimum atomic E-state index is 0.765. The molecule has 0 spiro atoms. The molecule has 110 valence electrons. The topological polar surface area (TPSA) is 70.6 Å². The van der Waals surface area contributed by atoms with Crippen LogP contribution in [0.5, 0.6) is 0 Å². The van der Waals surface area contributed by atoms with Crippen LogP contribution in [0.25, 0.3) is 11.4 Å². The first-order valence-electron chi connectivity index (χ1n) is 7.34. The molecule has 0 fully saturated rings. The quantitative estimate of drug-likeness (QED) is 0.797. The fraction of sp³-hybridized carbons (Fsp3) is 0.250. The van der Waals surface area contributed by atoms with E-state index in [0.717, 1.165) is 49.0 Å². The number of hydrogen-bond acceptors (Lipinski definition) is 5. The van der Waals surface area contributed by atoms with Crippen molar-refractivity contribution in [2.45, 2.75) is 19.5 Å². The van der Waals surface area contributed by atoms with E-state index < -0.39 is 0 Å². The molecule has 0 aliphatic carbocycles. The molecule has 1 aliphatic rings. The number of pyridine rings is 1. The first-order chi connectivity index (χ1) is 10.9. The SMILES string of the molecule is c1cc(-c2ncc3c(n2)CN(Cc2ncc[nH]2)CC3)ccn1. The summed E-state index contributed by atoms with van der Waals surface area (Å²) in [4.78, 5) is 23.1. The highest BCUT2D eigenvalue weighted by atomic mass is 15.2. The van der Waals surface area contributed by atoms with Crippen LogP contribution in [0, 0.1) is 0 Å². The van der Waals surface area contributed by atoms with Crippen LogP contribution in [0.1, 0.15) is 17.1 Å². The van der Waals surface area contributed by atoms with E-state index in [1.807, 2.05) is 24.5 Å². The molecule has 0 radical (unpaired) electrons. The summed E-state index contributed by atoms with van der Waals surface area (Å²) in [5.41, 5.74) is 3.36. The maximum atomic E-state index is 4.75. The van der Waals surface area contributed by atoms with Crippen LogP contribution in [0.3, 0.4) is 0 Å². The highest BCUT2D eigenvalue weighted by molar-refractivity contribution is 5.53. The van der Waals surface area contributed by atoms with Gasteiger partial charge in [-0.05, 0) is 24.1 Å². The van der Waals surface area contributed by atoms with Gasteiger partial charge in [-0.15, -0.1) is 0 Å². The van der Waals surface area contributed by atoms with Crippen molar-refractivity contribution in [1.29, 1.82) is 0 Å². The van der Waals surface area contributed by atoms with Crippen molar-refractivity contribution in [2.75, 3.05) is 6.54 Å². The van der Waals surface area contributed by atoms with Crippen molar-refractivity contribution in [3.05, 3.63) is 60.2 Å². The van der Waals surface area contributed by atoms with Crippen LogP contribution in [0.4, 0.5) is 0 Å². The molecule has 0 bridgehead atoms. The summed E-state index contributed by atoms with van der Waals surface area (Å²) in [6.07, 6.45) is 10.1. The molecule has 1 N–H and O–H groups in total. The van der Waals surface area contributed by atoms with E-state index in [4.69, 9.17) is 4.98 Å². The molecule has 0 saturated carbocycles. The summed E-state index contributed by atoms with van der Waals surface area (Å²) in [6, 6.07) is 3.87. The Balaban J connectivity index is 1.58. The van der Waals surface area contributed by atoms with E-state index in [2.05, 4.69) is 24.8 Å². The lowest BCUT2D eigenvalue weighted by molar-refractivity contribution is 0.236. The zero-order valence-corrected chi connectivity index (χ0v) is 12.1. The predicted molar refractivity (Wildman–Crippen MR) is 81.7 cm³/mol. The highest BCUT2D eigenvalue weighted by Crippen LogP contribution is 2.21. The molecular weight excluding hydrogens is 276 g/mol. The van der Waals surface area contributed by atoms with E-state index >= 15 is 0 Å². The summed E-state index contributed by atoms with van der Waals surface area (Å²) < 4.78 is 0. The van der Waals surface area contributed by atoms with Crippen LogP contribution in [0.15, 0.2) is 43.1 Å². The average Bonchev–Trinajstić information content (AvgIpc) is 3.08. The summed E-state index contributed by atoms with van der Waals surface area (Å²) in [5, 5.41) is 0. The Morgan fingerprint density at radius 3 is 2.86 bits per heavy atom. The minimum Gasteiger partial charge on any atom is -0.348 e. The number of aromatic amines is 1. The van der Waals surface area contributed by atoms with Gasteiger partial charge in [0.25, 0.3) is 0 Å². The van der Waals surface area contributed by atoms with Gasteiger partial charge in [-0.25, -0.2) is 15.0 Å². The number of imidazole rings is 1. The molecule has 22 heavy (non-hydrogen) atoms. The largest absolute Gasteiger partial charge is 0.348 e. The summed E-state index contributed by atoms with van der Waals surface area (Å²) in [6.45, 7) is 2.66. The molecule has 0 atom stereocenters. The van der Waals surface area contributed by atoms with E-state index in [0.29, 0.717) is 0 Å². The molecule has 1 aliphatic heterocycles. The Kier molecular flexibility index (Phi) is 3.36. The lowest BCUT2D eigenvalue weighted by Crippen LogP contribution is -2.31. The third-order valence-electron chi connectivity index (χ3n) is 3.89. The molecule has 0 amide bonds. The molecule has 6 nitrogen and oxygen atoms in total. The number of hydrogen-bond donors (Lipinski definition) is 1. The third-order valence-corrected chi connectivity index (χ3v) is 3.89. The van der Waals surface area contributed by atoms with Crippen molar-refractivity contribution in [3.63, 3.8) is 0 Å². The minimum absolute atomic E-state index is 0.765. The standard InChI is InChI=1S/C16H16N6/c1-4-17-5-2-12(1)16-20-9-13-3-8-22(10-14(13)21-16)11-15-18-6-7-19-15/h1-2,4-7,9H,3,8,10-11H2,(H,18,19). The number of aromatic nitrogens is 5.